The van der Waals surface area contributed by atoms with Gasteiger partial charge in [0.2, 0.25) is 5.91 Å². The first-order valence-corrected chi connectivity index (χ1v) is 7.49. The first-order valence-electron chi connectivity index (χ1n) is 7.49. The molecule has 2 aliphatic heterocycles. The van der Waals surface area contributed by atoms with Crippen molar-refractivity contribution in [2.24, 2.45) is 5.73 Å². The van der Waals surface area contributed by atoms with Crippen molar-refractivity contribution in [2.45, 2.75) is 70.0 Å². The molecule has 104 valence electrons. The lowest BCUT2D eigenvalue weighted by Crippen LogP contribution is -2.47. The van der Waals surface area contributed by atoms with E-state index in [0.717, 1.165) is 25.8 Å². The molecule has 0 saturated carbocycles. The number of carbonyl (C=O) groups excluding carboxylic acids is 1. The predicted octanol–water partition coefficient (Wildman–Crippen LogP) is 1.25. The van der Waals surface area contributed by atoms with Crippen LogP contribution in [-0.2, 0) is 4.79 Å². The van der Waals surface area contributed by atoms with Crippen molar-refractivity contribution in [3.8, 4) is 0 Å². The van der Waals surface area contributed by atoms with Gasteiger partial charge in [-0.1, -0.05) is 19.8 Å². The van der Waals surface area contributed by atoms with Gasteiger partial charge in [-0.15, -0.1) is 0 Å². The summed E-state index contributed by atoms with van der Waals surface area (Å²) in [6.45, 7) is 4.47. The standard InChI is InChI=1S/C14H27N3O/c1-2-5-11(15)10-14(18)16-12-7-9-17-8-4-3-6-13(12)17/h11-13H,2-10,15H2,1H3,(H,16,18). The zero-order chi connectivity index (χ0) is 13.0. The van der Waals surface area contributed by atoms with Gasteiger partial charge < -0.3 is 11.1 Å². The summed E-state index contributed by atoms with van der Waals surface area (Å²) in [5.41, 5.74) is 5.92. The van der Waals surface area contributed by atoms with Crippen LogP contribution in [0, 0.1) is 0 Å². The van der Waals surface area contributed by atoms with Gasteiger partial charge in [-0.25, -0.2) is 0 Å². The molecule has 3 atom stereocenters. The van der Waals surface area contributed by atoms with Crippen LogP contribution in [-0.4, -0.2) is 42.0 Å². The van der Waals surface area contributed by atoms with Gasteiger partial charge >= 0.3 is 0 Å². The zero-order valence-corrected chi connectivity index (χ0v) is 11.5. The topological polar surface area (TPSA) is 58.4 Å². The van der Waals surface area contributed by atoms with Crippen LogP contribution in [0.1, 0.15) is 51.9 Å². The summed E-state index contributed by atoms with van der Waals surface area (Å²) in [4.78, 5) is 14.5. The average molecular weight is 253 g/mol. The molecule has 0 aromatic carbocycles. The van der Waals surface area contributed by atoms with Gasteiger partial charge in [0.05, 0.1) is 0 Å². The lowest BCUT2D eigenvalue weighted by atomic mass is 9.98. The van der Waals surface area contributed by atoms with Gasteiger partial charge in [0.15, 0.2) is 0 Å². The van der Waals surface area contributed by atoms with E-state index in [0.29, 0.717) is 18.5 Å². The molecule has 0 aromatic heterocycles. The van der Waals surface area contributed by atoms with E-state index in [-0.39, 0.29) is 11.9 Å². The summed E-state index contributed by atoms with van der Waals surface area (Å²) in [6, 6.07) is 0.982. The van der Waals surface area contributed by atoms with E-state index in [1.165, 1.54) is 25.8 Å². The Kier molecular flexibility index (Phi) is 5.01. The minimum Gasteiger partial charge on any atom is -0.352 e. The molecule has 0 radical (unpaired) electrons. The number of nitrogens with zero attached hydrogens (tertiary/aromatic N) is 1. The third-order valence-electron chi connectivity index (χ3n) is 4.31. The minimum atomic E-state index is 0.0267. The van der Waals surface area contributed by atoms with Crippen LogP contribution >= 0.6 is 0 Å². The summed E-state index contributed by atoms with van der Waals surface area (Å²) < 4.78 is 0. The largest absolute Gasteiger partial charge is 0.352 e. The number of rotatable bonds is 5. The van der Waals surface area contributed by atoms with Crippen molar-refractivity contribution in [3.05, 3.63) is 0 Å². The maximum atomic E-state index is 11.9. The molecule has 2 rings (SSSR count). The molecule has 2 aliphatic rings. The van der Waals surface area contributed by atoms with Crippen LogP contribution in [0.3, 0.4) is 0 Å². The van der Waals surface area contributed by atoms with Crippen LogP contribution < -0.4 is 11.1 Å². The van der Waals surface area contributed by atoms with Crippen LogP contribution in [0.15, 0.2) is 0 Å². The highest BCUT2D eigenvalue weighted by molar-refractivity contribution is 5.77. The van der Waals surface area contributed by atoms with Gasteiger partial charge in [-0.05, 0) is 32.2 Å². The van der Waals surface area contributed by atoms with Crippen molar-refractivity contribution >= 4 is 5.91 Å². The number of fused-ring (bicyclic) bond motifs is 1. The molecule has 2 fully saturated rings. The number of amides is 1. The molecule has 4 nitrogen and oxygen atoms in total. The highest BCUT2D eigenvalue weighted by Crippen LogP contribution is 2.27. The summed E-state index contributed by atoms with van der Waals surface area (Å²) in [5, 5.41) is 3.21. The van der Waals surface area contributed by atoms with Gasteiger partial charge in [0.1, 0.15) is 0 Å². The third-order valence-corrected chi connectivity index (χ3v) is 4.31. The van der Waals surface area contributed by atoms with Gasteiger partial charge in [-0.2, -0.15) is 0 Å². The number of nitrogens with two attached hydrogens (primary N) is 1. The second-order valence-corrected chi connectivity index (χ2v) is 5.81. The van der Waals surface area contributed by atoms with Crippen LogP contribution in [0.2, 0.25) is 0 Å². The summed E-state index contributed by atoms with van der Waals surface area (Å²) >= 11 is 0. The highest BCUT2D eigenvalue weighted by Gasteiger charge is 2.36. The van der Waals surface area contributed by atoms with Crippen LogP contribution in [0.5, 0.6) is 0 Å². The lowest BCUT2D eigenvalue weighted by molar-refractivity contribution is -0.122. The number of piperidine rings is 1. The molecule has 0 spiro atoms. The van der Waals surface area contributed by atoms with E-state index in [4.69, 9.17) is 5.73 Å². The fraction of sp³-hybridized carbons (Fsp3) is 0.929. The van der Waals surface area contributed by atoms with E-state index in [1.54, 1.807) is 0 Å². The van der Waals surface area contributed by atoms with Crippen molar-refractivity contribution in [1.82, 2.24) is 10.2 Å². The van der Waals surface area contributed by atoms with Gasteiger partial charge in [0, 0.05) is 31.1 Å². The lowest BCUT2D eigenvalue weighted by Gasteiger charge is -2.32. The molecular formula is C14H27N3O. The summed E-state index contributed by atoms with van der Waals surface area (Å²) in [6.07, 6.45) is 7.45. The predicted molar refractivity (Wildman–Crippen MR) is 73.3 cm³/mol. The number of hydrogen-bond donors (Lipinski definition) is 2. The average Bonchev–Trinajstić information content (AvgIpc) is 2.73. The fourth-order valence-corrected chi connectivity index (χ4v) is 3.39. The van der Waals surface area contributed by atoms with E-state index in [9.17, 15) is 4.79 Å². The van der Waals surface area contributed by atoms with E-state index in [1.807, 2.05) is 0 Å². The van der Waals surface area contributed by atoms with Gasteiger partial charge in [-0.3, -0.25) is 9.69 Å². The summed E-state index contributed by atoms with van der Waals surface area (Å²) in [5.74, 6) is 0.147. The Morgan fingerprint density at radius 1 is 1.39 bits per heavy atom. The summed E-state index contributed by atoms with van der Waals surface area (Å²) in [7, 11) is 0. The smallest absolute Gasteiger partial charge is 0.221 e. The third kappa shape index (κ3) is 3.45. The number of hydrogen-bond acceptors (Lipinski definition) is 3. The molecular weight excluding hydrogens is 226 g/mol. The molecule has 2 saturated heterocycles. The second kappa shape index (κ2) is 6.53. The maximum absolute atomic E-state index is 11.9. The molecule has 1 amide bonds. The molecule has 0 aromatic rings. The molecule has 0 bridgehead atoms. The molecule has 3 N–H and O–H groups in total. The van der Waals surface area contributed by atoms with Crippen molar-refractivity contribution in [1.29, 1.82) is 0 Å². The Bertz CT molecular complexity index is 282. The van der Waals surface area contributed by atoms with E-state index >= 15 is 0 Å². The minimum absolute atomic E-state index is 0.0267. The quantitative estimate of drug-likeness (QED) is 0.775. The molecule has 0 aliphatic carbocycles. The van der Waals surface area contributed by atoms with Crippen LogP contribution in [0.4, 0.5) is 0 Å². The highest BCUT2D eigenvalue weighted by atomic mass is 16.1. The SMILES string of the molecule is CCCC(N)CC(=O)NC1CCN2CCCCC12. The monoisotopic (exact) mass is 253 g/mol. The molecule has 4 heteroatoms. The molecule has 2 heterocycles. The van der Waals surface area contributed by atoms with Crippen molar-refractivity contribution in [2.75, 3.05) is 13.1 Å². The van der Waals surface area contributed by atoms with Crippen LogP contribution in [0.25, 0.3) is 0 Å². The van der Waals surface area contributed by atoms with E-state index < -0.39 is 0 Å². The number of nitrogens with one attached hydrogen (secondary N) is 1. The first kappa shape index (κ1) is 13.8. The van der Waals surface area contributed by atoms with Gasteiger partial charge in [0.25, 0.3) is 0 Å². The van der Waals surface area contributed by atoms with E-state index in [2.05, 4.69) is 17.1 Å². The number of carbonyl (C=O) groups is 1. The van der Waals surface area contributed by atoms with Crippen molar-refractivity contribution < 1.29 is 4.79 Å². The fourth-order valence-electron chi connectivity index (χ4n) is 3.39. The zero-order valence-electron chi connectivity index (χ0n) is 11.5. The Hall–Kier alpha value is -0.610. The Balaban J connectivity index is 1.77. The normalized spacial score (nSPS) is 29.9. The maximum Gasteiger partial charge on any atom is 0.221 e. The second-order valence-electron chi connectivity index (χ2n) is 5.81. The van der Waals surface area contributed by atoms with Crippen molar-refractivity contribution in [3.63, 3.8) is 0 Å². The Morgan fingerprint density at radius 3 is 3.00 bits per heavy atom. The molecule has 3 unspecified atom stereocenters. The Morgan fingerprint density at radius 2 is 2.22 bits per heavy atom. The first-order chi connectivity index (χ1) is 8.70. The molecule has 18 heavy (non-hydrogen) atoms. The Labute approximate surface area is 110 Å².